The van der Waals surface area contributed by atoms with E-state index in [9.17, 15) is 19.2 Å². The molecule has 0 bridgehead atoms. The van der Waals surface area contributed by atoms with Crippen LogP contribution in [0.2, 0.25) is 0 Å². The van der Waals surface area contributed by atoms with Crippen LogP contribution in [-0.4, -0.2) is 98.4 Å². The van der Waals surface area contributed by atoms with E-state index in [1.165, 1.54) is 97.7 Å². The van der Waals surface area contributed by atoms with Crippen molar-refractivity contribution in [3.8, 4) is 5.75 Å². The Kier molecular flexibility index (Phi) is 22.6. The Bertz CT molecular complexity index is 1450. The van der Waals surface area contributed by atoms with Gasteiger partial charge in [-0.15, -0.1) is 0 Å². The van der Waals surface area contributed by atoms with Gasteiger partial charge in [0.1, 0.15) is 38.2 Å². The van der Waals surface area contributed by atoms with Gasteiger partial charge in [-0.1, -0.05) is 115 Å². The summed E-state index contributed by atoms with van der Waals surface area (Å²) >= 11 is 0. The van der Waals surface area contributed by atoms with Gasteiger partial charge in [0.25, 0.3) is 5.91 Å². The molecule has 1 aliphatic rings. The first-order valence-electron chi connectivity index (χ1n) is 21.1. The van der Waals surface area contributed by atoms with Gasteiger partial charge in [-0.25, -0.2) is 19.1 Å². The zero-order valence-corrected chi connectivity index (χ0v) is 34.7. The minimum atomic E-state index is -0.870. The van der Waals surface area contributed by atoms with Crippen LogP contribution in [0, 0.1) is 0 Å². The molecule has 0 aliphatic carbocycles. The van der Waals surface area contributed by atoms with Crippen molar-refractivity contribution in [2.75, 3.05) is 53.6 Å². The maximum absolute atomic E-state index is 13.7. The second-order valence-corrected chi connectivity index (χ2v) is 14.6. The minimum Gasteiger partial charge on any atom is -0.496 e. The van der Waals surface area contributed by atoms with Crippen LogP contribution in [0.15, 0.2) is 48.7 Å². The molecule has 1 aromatic carbocycles. The van der Waals surface area contributed by atoms with E-state index in [0.29, 0.717) is 44.9 Å². The number of aryl methyl sites for hydroxylation is 1. The molecule has 3 rings (SSSR count). The van der Waals surface area contributed by atoms with Crippen LogP contribution in [0.1, 0.15) is 133 Å². The van der Waals surface area contributed by atoms with Crippen molar-refractivity contribution in [2.45, 2.75) is 136 Å². The predicted octanol–water partition coefficient (Wildman–Crippen LogP) is 8.34. The van der Waals surface area contributed by atoms with Gasteiger partial charge in [-0.2, -0.15) is 0 Å². The monoisotopic (exact) mass is 782 g/mol. The average Bonchev–Trinajstić information content (AvgIpc) is 3.23. The number of methoxy groups -OCH3 is 2. The molecular formula is C44H69N4O8+. The predicted molar refractivity (Wildman–Crippen MR) is 216 cm³/mol. The van der Waals surface area contributed by atoms with Crippen LogP contribution >= 0.6 is 0 Å². The van der Waals surface area contributed by atoms with Crippen molar-refractivity contribution in [3.05, 3.63) is 59.9 Å². The lowest BCUT2D eigenvalue weighted by atomic mass is 10.0. The molecule has 1 atom stereocenters. The van der Waals surface area contributed by atoms with Crippen LogP contribution < -0.4 is 9.30 Å². The Morgan fingerprint density at radius 3 is 1.84 bits per heavy atom. The van der Waals surface area contributed by atoms with Gasteiger partial charge in [0, 0.05) is 51.8 Å². The number of piperazine rings is 1. The van der Waals surface area contributed by atoms with Crippen molar-refractivity contribution in [1.29, 1.82) is 0 Å². The van der Waals surface area contributed by atoms with E-state index >= 15 is 0 Å². The number of benzene rings is 1. The van der Waals surface area contributed by atoms with Crippen molar-refractivity contribution in [2.24, 2.45) is 0 Å². The molecule has 312 valence electrons. The summed E-state index contributed by atoms with van der Waals surface area (Å²) in [6.07, 6.45) is 19.6. The summed E-state index contributed by atoms with van der Waals surface area (Å²) in [7, 11) is 2.89. The van der Waals surface area contributed by atoms with Crippen molar-refractivity contribution < 1.29 is 42.7 Å². The highest BCUT2D eigenvalue weighted by Gasteiger charge is 2.31. The summed E-state index contributed by atoms with van der Waals surface area (Å²) < 4.78 is 23.9. The Morgan fingerprint density at radius 2 is 1.25 bits per heavy atom. The third-order valence-electron chi connectivity index (χ3n) is 10.5. The van der Waals surface area contributed by atoms with Crippen molar-refractivity contribution in [1.82, 2.24) is 14.7 Å². The van der Waals surface area contributed by atoms with Crippen LogP contribution in [0.25, 0.3) is 0 Å². The lowest BCUT2D eigenvalue weighted by Crippen LogP contribution is -2.51. The van der Waals surface area contributed by atoms with Gasteiger partial charge in [0.2, 0.25) is 11.6 Å². The SMILES string of the molecule is CCCCCCCCCCCCCCCCCC(=O)N1CCN(C(=O)OCC(COC(=O)N(Cc2cccc[n+]2CC)C(=O)c2ccccc2OC)OC)CC1. The van der Waals surface area contributed by atoms with E-state index in [0.717, 1.165) is 23.4 Å². The molecule has 0 saturated carbocycles. The summed E-state index contributed by atoms with van der Waals surface area (Å²) in [5.74, 6) is -0.102. The number of ether oxygens (including phenoxy) is 4. The molecule has 0 radical (unpaired) electrons. The third kappa shape index (κ3) is 16.5. The van der Waals surface area contributed by atoms with E-state index in [1.54, 1.807) is 29.2 Å². The Morgan fingerprint density at radius 1 is 0.696 bits per heavy atom. The van der Waals surface area contributed by atoms with Gasteiger partial charge >= 0.3 is 12.2 Å². The zero-order valence-electron chi connectivity index (χ0n) is 34.7. The molecule has 1 aliphatic heterocycles. The zero-order chi connectivity index (χ0) is 40.4. The Hall–Kier alpha value is -4.19. The molecule has 2 aromatic rings. The quantitative estimate of drug-likeness (QED) is 0.0691. The molecule has 2 heterocycles. The number of imide groups is 1. The van der Waals surface area contributed by atoms with Gasteiger partial charge in [0.15, 0.2) is 6.20 Å². The Labute approximate surface area is 335 Å². The van der Waals surface area contributed by atoms with Gasteiger partial charge in [0.05, 0.1) is 12.7 Å². The molecule has 1 saturated heterocycles. The van der Waals surface area contributed by atoms with Crippen LogP contribution in [0.3, 0.4) is 0 Å². The van der Waals surface area contributed by atoms with Gasteiger partial charge in [-0.3, -0.25) is 9.59 Å². The number of rotatable bonds is 26. The summed E-state index contributed by atoms with van der Waals surface area (Å²) in [6, 6.07) is 12.2. The molecule has 0 N–H and O–H groups in total. The first-order valence-corrected chi connectivity index (χ1v) is 21.1. The number of carbonyl (C=O) groups is 4. The molecule has 1 aromatic heterocycles. The number of hydrogen-bond acceptors (Lipinski definition) is 8. The van der Waals surface area contributed by atoms with Crippen molar-refractivity contribution in [3.63, 3.8) is 0 Å². The minimum absolute atomic E-state index is 0.0367. The molecule has 0 spiro atoms. The first kappa shape index (κ1) is 46.2. The van der Waals surface area contributed by atoms with E-state index in [2.05, 4.69) is 6.92 Å². The van der Waals surface area contributed by atoms with E-state index in [4.69, 9.17) is 18.9 Å². The molecule has 1 fully saturated rings. The number of hydrogen-bond donors (Lipinski definition) is 0. The molecule has 12 heteroatoms. The fourth-order valence-corrected chi connectivity index (χ4v) is 6.94. The molecule has 12 nitrogen and oxygen atoms in total. The van der Waals surface area contributed by atoms with Crippen LogP contribution in [-0.2, 0) is 32.1 Å². The summed E-state index contributed by atoms with van der Waals surface area (Å²) in [5.41, 5.74) is 0.953. The van der Waals surface area contributed by atoms with E-state index < -0.39 is 24.2 Å². The number of aromatic nitrogens is 1. The topological polar surface area (TPSA) is 119 Å². The number of para-hydroxylation sites is 1. The highest BCUT2D eigenvalue weighted by atomic mass is 16.6. The Balaban J connectivity index is 1.34. The molecule has 4 amide bonds. The second kappa shape index (κ2) is 27.4. The lowest BCUT2D eigenvalue weighted by Gasteiger charge is -2.34. The number of unbranched alkanes of at least 4 members (excludes halogenated alkanes) is 14. The normalized spacial score (nSPS) is 13.3. The highest BCUT2D eigenvalue weighted by molar-refractivity contribution is 6.04. The summed E-state index contributed by atoms with van der Waals surface area (Å²) in [5, 5.41) is 0. The number of amides is 4. The second-order valence-electron chi connectivity index (χ2n) is 14.6. The van der Waals surface area contributed by atoms with E-state index in [-0.39, 0.29) is 31.2 Å². The van der Waals surface area contributed by atoms with Gasteiger partial charge in [-0.05, 0) is 25.5 Å². The molecule has 1 unspecified atom stereocenters. The maximum atomic E-state index is 13.7. The maximum Gasteiger partial charge on any atom is 0.417 e. The number of carbonyl (C=O) groups excluding carboxylic acids is 4. The lowest BCUT2D eigenvalue weighted by molar-refractivity contribution is -0.701. The highest BCUT2D eigenvalue weighted by Crippen LogP contribution is 2.21. The number of pyridine rings is 1. The largest absolute Gasteiger partial charge is 0.496 e. The van der Waals surface area contributed by atoms with Crippen molar-refractivity contribution >= 4 is 24.0 Å². The van der Waals surface area contributed by atoms with Gasteiger partial charge < -0.3 is 28.7 Å². The fraction of sp³-hybridized carbons (Fsp3) is 0.659. The molecule has 56 heavy (non-hydrogen) atoms. The summed E-state index contributed by atoms with van der Waals surface area (Å²) in [6.45, 7) is 6.14. The van der Waals surface area contributed by atoms with Crippen LogP contribution in [0.4, 0.5) is 9.59 Å². The number of nitrogens with zero attached hydrogens (tertiary/aromatic N) is 4. The summed E-state index contributed by atoms with van der Waals surface area (Å²) in [4.78, 5) is 57.4. The average molecular weight is 782 g/mol. The first-order chi connectivity index (χ1) is 27.3. The standard InChI is InChI=1S/C44H69N4O8/c1-5-7-8-9-10-11-12-13-14-15-16-17-18-19-20-28-41(49)46-30-32-47(33-31-46)43(51)55-35-38(53-3)36-56-44(52)48(34-37-25-23-24-29-45(37)6-2)42(50)39-26-21-22-27-40(39)54-4/h21-27,29,38H,5-20,28,30-36H2,1-4H3/q+1. The van der Waals surface area contributed by atoms with Crippen LogP contribution in [0.5, 0.6) is 5.75 Å². The van der Waals surface area contributed by atoms with E-state index in [1.807, 2.05) is 40.8 Å². The molecular weight excluding hydrogens is 713 g/mol. The smallest absolute Gasteiger partial charge is 0.417 e. The third-order valence-corrected chi connectivity index (χ3v) is 10.5. The fourth-order valence-electron chi connectivity index (χ4n) is 6.94.